The molecule has 0 aliphatic heterocycles. The molecule has 0 bridgehead atoms. The molecule has 136 valence electrons. The van der Waals surface area contributed by atoms with E-state index >= 15 is 0 Å². The molecule has 0 amide bonds. The maximum Gasteiger partial charge on any atom is 0.196 e. The molecular formula is C19H12F3N3OS. The smallest absolute Gasteiger partial charge is 0.196 e. The number of carbonyl (C=O) groups is 1. The van der Waals surface area contributed by atoms with Crippen LogP contribution >= 0.6 is 11.3 Å². The topological polar surface area (TPSA) is 46.4 Å². The summed E-state index contributed by atoms with van der Waals surface area (Å²) in [6, 6.07) is 8.90. The Morgan fingerprint density at radius 1 is 1.07 bits per heavy atom. The van der Waals surface area contributed by atoms with Crippen LogP contribution in [0.3, 0.4) is 0 Å². The van der Waals surface area contributed by atoms with E-state index in [2.05, 4.69) is 10.3 Å². The van der Waals surface area contributed by atoms with Crippen LogP contribution in [-0.2, 0) is 11.2 Å². The average Bonchev–Trinajstić information content (AvgIpc) is 3.18. The third-order valence-electron chi connectivity index (χ3n) is 4.02. The van der Waals surface area contributed by atoms with Gasteiger partial charge in [-0.2, -0.15) is 0 Å². The summed E-state index contributed by atoms with van der Waals surface area (Å²) in [5, 5.41) is 4.90. The number of halogens is 3. The molecule has 0 aliphatic carbocycles. The highest BCUT2D eigenvalue weighted by Crippen LogP contribution is 2.35. The number of benzene rings is 2. The van der Waals surface area contributed by atoms with Crippen molar-refractivity contribution in [1.82, 2.24) is 9.38 Å². The molecule has 4 rings (SSSR count). The van der Waals surface area contributed by atoms with Gasteiger partial charge in [0.25, 0.3) is 0 Å². The molecule has 1 N–H and O–H groups in total. The summed E-state index contributed by atoms with van der Waals surface area (Å²) < 4.78 is 42.6. The highest BCUT2D eigenvalue weighted by Gasteiger charge is 2.21. The summed E-state index contributed by atoms with van der Waals surface area (Å²) in [6.07, 6.45) is 0.918. The van der Waals surface area contributed by atoms with Gasteiger partial charge in [-0.3, -0.25) is 4.40 Å². The number of aromatic nitrogens is 2. The van der Waals surface area contributed by atoms with Gasteiger partial charge in [-0.05, 0) is 36.4 Å². The molecule has 0 saturated heterocycles. The van der Waals surface area contributed by atoms with Crippen molar-refractivity contribution in [3.63, 3.8) is 0 Å². The van der Waals surface area contributed by atoms with E-state index in [1.807, 2.05) is 0 Å². The van der Waals surface area contributed by atoms with Crippen LogP contribution in [0.2, 0.25) is 0 Å². The van der Waals surface area contributed by atoms with Crippen LogP contribution < -0.4 is 5.32 Å². The van der Waals surface area contributed by atoms with Crippen molar-refractivity contribution in [2.24, 2.45) is 0 Å². The fourth-order valence-corrected chi connectivity index (χ4v) is 3.70. The SMILES string of the molecule is O=CCc1csc2nc(-c3ccc(F)cc3F)c(Nc3ccc(F)cc3)n12. The van der Waals surface area contributed by atoms with Gasteiger partial charge in [0.2, 0.25) is 0 Å². The predicted molar refractivity (Wildman–Crippen MR) is 97.9 cm³/mol. The van der Waals surface area contributed by atoms with Gasteiger partial charge in [0, 0.05) is 34.8 Å². The monoisotopic (exact) mass is 387 g/mol. The normalized spacial score (nSPS) is 11.1. The van der Waals surface area contributed by atoms with Crippen LogP contribution in [0.4, 0.5) is 24.7 Å². The molecule has 0 aliphatic rings. The van der Waals surface area contributed by atoms with Crippen LogP contribution in [-0.4, -0.2) is 15.7 Å². The number of rotatable bonds is 5. The summed E-state index contributed by atoms with van der Waals surface area (Å²) in [4.78, 5) is 16.0. The highest BCUT2D eigenvalue weighted by atomic mass is 32.1. The molecule has 2 heterocycles. The Labute approximate surface area is 155 Å². The van der Waals surface area contributed by atoms with Gasteiger partial charge in [-0.15, -0.1) is 11.3 Å². The summed E-state index contributed by atoms with van der Waals surface area (Å²) in [7, 11) is 0. The van der Waals surface area contributed by atoms with Crippen LogP contribution in [0, 0.1) is 17.5 Å². The number of anilines is 2. The van der Waals surface area contributed by atoms with Crippen molar-refractivity contribution < 1.29 is 18.0 Å². The summed E-state index contributed by atoms with van der Waals surface area (Å²) in [5.41, 5.74) is 1.63. The highest BCUT2D eigenvalue weighted by molar-refractivity contribution is 7.15. The van der Waals surface area contributed by atoms with E-state index in [0.717, 1.165) is 18.4 Å². The van der Waals surface area contributed by atoms with Crippen LogP contribution in [0.5, 0.6) is 0 Å². The van der Waals surface area contributed by atoms with Gasteiger partial charge >= 0.3 is 0 Å². The fourth-order valence-electron chi connectivity index (χ4n) is 2.80. The fraction of sp³-hybridized carbons (Fsp3) is 0.0526. The van der Waals surface area contributed by atoms with E-state index in [1.165, 1.54) is 41.7 Å². The Morgan fingerprint density at radius 3 is 2.52 bits per heavy atom. The van der Waals surface area contributed by atoms with Gasteiger partial charge in [0.1, 0.15) is 35.2 Å². The molecule has 0 saturated carbocycles. The van der Waals surface area contributed by atoms with Crippen molar-refractivity contribution in [1.29, 1.82) is 0 Å². The number of fused-ring (bicyclic) bond motifs is 1. The van der Waals surface area contributed by atoms with Gasteiger partial charge in [-0.1, -0.05) is 0 Å². The molecule has 8 heteroatoms. The number of nitrogens with zero attached hydrogens (tertiary/aromatic N) is 2. The summed E-state index contributed by atoms with van der Waals surface area (Å²) in [5.74, 6) is -1.41. The minimum atomic E-state index is -0.750. The molecule has 0 radical (unpaired) electrons. The van der Waals surface area contributed by atoms with Gasteiger partial charge in [0.15, 0.2) is 4.96 Å². The molecule has 0 fully saturated rings. The molecule has 0 unspecified atom stereocenters. The number of thiazole rings is 1. The molecular weight excluding hydrogens is 375 g/mol. The number of imidazole rings is 1. The maximum absolute atomic E-state index is 14.4. The Bertz CT molecular complexity index is 1140. The first-order valence-corrected chi connectivity index (χ1v) is 8.85. The largest absolute Gasteiger partial charge is 0.339 e. The van der Waals surface area contributed by atoms with Gasteiger partial charge < -0.3 is 10.1 Å². The lowest BCUT2D eigenvalue weighted by atomic mass is 10.1. The maximum atomic E-state index is 14.4. The number of hydrogen-bond acceptors (Lipinski definition) is 4. The Morgan fingerprint density at radius 2 is 1.81 bits per heavy atom. The average molecular weight is 387 g/mol. The van der Waals surface area contributed by atoms with E-state index in [0.29, 0.717) is 22.2 Å². The number of aldehydes is 1. The molecule has 27 heavy (non-hydrogen) atoms. The Kier molecular flexibility index (Phi) is 4.41. The molecule has 4 aromatic rings. The zero-order valence-corrected chi connectivity index (χ0v) is 14.6. The third kappa shape index (κ3) is 3.19. The summed E-state index contributed by atoms with van der Waals surface area (Å²) >= 11 is 1.30. The molecule has 0 atom stereocenters. The van der Waals surface area contributed by atoms with Crippen LogP contribution in [0.1, 0.15) is 5.69 Å². The first-order valence-electron chi connectivity index (χ1n) is 7.97. The van der Waals surface area contributed by atoms with Gasteiger partial charge in [-0.25, -0.2) is 18.2 Å². The van der Waals surface area contributed by atoms with Crippen molar-refractivity contribution in [3.8, 4) is 11.3 Å². The molecule has 2 aromatic carbocycles. The van der Waals surface area contributed by atoms with Crippen molar-refractivity contribution in [2.45, 2.75) is 6.42 Å². The number of nitrogens with one attached hydrogen (secondary N) is 1. The van der Waals surface area contributed by atoms with Gasteiger partial charge in [0.05, 0.1) is 0 Å². The zero-order valence-electron chi connectivity index (χ0n) is 13.7. The van der Waals surface area contributed by atoms with E-state index < -0.39 is 11.6 Å². The molecule has 2 aromatic heterocycles. The first kappa shape index (κ1) is 17.3. The quantitative estimate of drug-likeness (QED) is 0.492. The van der Waals surface area contributed by atoms with E-state index in [9.17, 15) is 18.0 Å². The second-order valence-corrected chi connectivity index (χ2v) is 6.62. The lowest BCUT2D eigenvalue weighted by molar-refractivity contribution is -0.107. The van der Waals surface area contributed by atoms with Crippen molar-refractivity contribution in [3.05, 3.63) is 71.0 Å². The Balaban J connectivity index is 1.92. The second kappa shape index (κ2) is 6.88. The first-order chi connectivity index (χ1) is 13.1. The summed E-state index contributed by atoms with van der Waals surface area (Å²) in [6.45, 7) is 0. The van der Waals surface area contributed by atoms with Crippen molar-refractivity contribution >= 4 is 34.1 Å². The minimum absolute atomic E-state index is 0.119. The minimum Gasteiger partial charge on any atom is -0.339 e. The predicted octanol–water partition coefficient (Wildman–Crippen LogP) is 4.97. The van der Waals surface area contributed by atoms with E-state index in [-0.39, 0.29) is 23.5 Å². The lowest BCUT2D eigenvalue weighted by Crippen LogP contribution is -2.01. The standard InChI is InChI=1S/C19H12F3N3OS/c20-11-1-4-13(5-2-11)23-18-17(15-6-3-12(21)9-16(15)22)24-19-25(18)14(7-8-26)10-27-19/h1-6,8-10,23H,7H2. The van der Waals surface area contributed by atoms with Crippen molar-refractivity contribution in [2.75, 3.05) is 5.32 Å². The van der Waals surface area contributed by atoms with Crippen LogP contribution in [0.25, 0.3) is 16.2 Å². The Hall–Kier alpha value is -3.13. The number of hydrogen-bond donors (Lipinski definition) is 1. The second-order valence-electron chi connectivity index (χ2n) is 5.78. The van der Waals surface area contributed by atoms with E-state index in [1.54, 1.807) is 9.78 Å². The lowest BCUT2D eigenvalue weighted by Gasteiger charge is -2.10. The molecule has 4 nitrogen and oxygen atoms in total. The third-order valence-corrected chi connectivity index (χ3v) is 4.89. The number of carbonyl (C=O) groups excluding carboxylic acids is 1. The zero-order chi connectivity index (χ0) is 19.0. The molecule has 0 spiro atoms. The van der Waals surface area contributed by atoms with E-state index in [4.69, 9.17) is 0 Å². The van der Waals surface area contributed by atoms with Crippen LogP contribution in [0.15, 0.2) is 47.8 Å².